The van der Waals surface area contributed by atoms with Crippen LogP contribution in [0.25, 0.3) is 0 Å². The summed E-state index contributed by atoms with van der Waals surface area (Å²) in [4.78, 5) is 16.6. The van der Waals surface area contributed by atoms with Crippen LogP contribution in [0, 0.1) is 46.3 Å². The van der Waals surface area contributed by atoms with Crippen LogP contribution in [-0.2, 0) is 9.47 Å². The quantitative estimate of drug-likeness (QED) is 0.0800. The molecular weight excluding hydrogens is 635 g/mol. The zero-order valence-corrected chi connectivity index (χ0v) is 32.0. The van der Waals surface area contributed by atoms with Crippen LogP contribution in [0.1, 0.15) is 125 Å². The molecule has 0 radical (unpaired) electrons. The highest BCUT2D eigenvalue weighted by Crippen LogP contribution is 2.67. The van der Waals surface area contributed by atoms with Crippen LogP contribution in [-0.4, -0.2) is 30.5 Å². The zero-order valence-electron chi connectivity index (χ0n) is 32.0. The minimum absolute atomic E-state index is 0.0679. The highest BCUT2D eigenvalue weighted by atomic mass is 16.7. The van der Waals surface area contributed by atoms with Gasteiger partial charge in [-0.3, -0.25) is 4.98 Å². The van der Waals surface area contributed by atoms with Crippen LogP contribution in [0.15, 0.2) is 70.7 Å². The van der Waals surface area contributed by atoms with Gasteiger partial charge in [0.15, 0.2) is 0 Å². The Balaban J connectivity index is 0.881. The molecule has 0 spiro atoms. The lowest BCUT2D eigenvalue weighted by atomic mass is 9.47. The van der Waals surface area contributed by atoms with Crippen LogP contribution in [0.3, 0.4) is 0 Å². The molecule has 3 saturated carbocycles. The van der Waals surface area contributed by atoms with Crippen LogP contribution >= 0.6 is 0 Å². The maximum Gasteiger partial charge on any atom is 0.508 e. The average molecular weight is 698 g/mol. The molecule has 0 bridgehead atoms. The predicted octanol–water partition coefficient (Wildman–Crippen LogP) is 12.6. The standard InChI is InChI=1S/C44H63N3O4/c1-31(2)10-9-11-32(3)39-18-19-40-38-17-12-33-30-37(20-24-43(33,4)41(38)21-25-44(39,40)5)51-42(48)50-29-8-6-7-28-49-36-15-13-34(14-16-36)46-47-35-22-26-45-27-23-35/h12-16,22-23,26-27,31-32,37-41H,6-11,17-21,24-25,28-30H2,1-5H3/t32-,37+,38+,39-,40+,41+,43+,44-/m1/s1. The highest BCUT2D eigenvalue weighted by Gasteiger charge is 2.59. The van der Waals surface area contributed by atoms with Gasteiger partial charge in [-0.25, -0.2) is 4.79 Å². The van der Waals surface area contributed by atoms with Gasteiger partial charge in [-0.15, -0.1) is 0 Å². The number of carbonyl (C=O) groups is 1. The maximum atomic E-state index is 12.6. The Hall–Kier alpha value is -3.22. The molecule has 0 saturated heterocycles. The van der Waals surface area contributed by atoms with E-state index in [1.807, 2.05) is 36.4 Å². The fourth-order valence-electron chi connectivity index (χ4n) is 10.8. The monoisotopic (exact) mass is 697 g/mol. The third-order valence-corrected chi connectivity index (χ3v) is 13.6. The Morgan fingerprint density at radius 1 is 0.843 bits per heavy atom. The van der Waals surface area contributed by atoms with Gasteiger partial charge >= 0.3 is 6.16 Å². The third-order valence-electron chi connectivity index (χ3n) is 13.6. The molecule has 7 heteroatoms. The van der Waals surface area contributed by atoms with Gasteiger partial charge in [0.1, 0.15) is 11.9 Å². The number of rotatable bonds is 15. The van der Waals surface area contributed by atoms with Crippen molar-refractivity contribution in [2.75, 3.05) is 13.2 Å². The summed E-state index contributed by atoms with van der Waals surface area (Å²) in [6, 6.07) is 11.2. The summed E-state index contributed by atoms with van der Waals surface area (Å²) in [5.41, 5.74) is 3.85. The smallest absolute Gasteiger partial charge is 0.494 e. The number of unbranched alkanes of at least 4 members (excludes halogenated alkanes) is 2. The van der Waals surface area contributed by atoms with Gasteiger partial charge in [-0.05, 0) is 147 Å². The molecule has 0 unspecified atom stereocenters. The van der Waals surface area contributed by atoms with Crippen molar-refractivity contribution >= 4 is 17.5 Å². The molecule has 4 aliphatic carbocycles. The molecule has 278 valence electrons. The molecule has 0 amide bonds. The molecule has 1 heterocycles. The molecule has 4 aliphatic rings. The van der Waals surface area contributed by atoms with E-state index >= 15 is 0 Å². The SMILES string of the molecule is CC(C)CCC[C@@H](C)[C@H]1CC[C@H]2[C@@H]3CC=C4C[C@@H](OC(=O)OCCCCCOc5ccc(N=Nc6ccncc6)cc5)CC[C@]4(C)[C@H]3CC[C@]12C. The van der Waals surface area contributed by atoms with Gasteiger partial charge in [0.25, 0.3) is 0 Å². The van der Waals surface area contributed by atoms with E-state index in [0.717, 1.165) is 91.2 Å². The first-order valence-electron chi connectivity index (χ1n) is 20.2. The van der Waals surface area contributed by atoms with E-state index in [1.165, 1.54) is 51.4 Å². The highest BCUT2D eigenvalue weighted by molar-refractivity contribution is 5.60. The van der Waals surface area contributed by atoms with Crippen LogP contribution in [0.4, 0.5) is 16.2 Å². The topological polar surface area (TPSA) is 82.4 Å². The number of hydrogen-bond acceptors (Lipinski definition) is 7. The zero-order chi connectivity index (χ0) is 35.8. The molecule has 0 N–H and O–H groups in total. The summed E-state index contributed by atoms with van der Waals surface area (Å²) < 4.78 is 17.3. The number of allylic oxidation sites excluding steroid dienone is 1. The van der Waals surface area contributed by atoms with Gasteiger partial charge in [0.2, 0.25) is 0 Å². The van der Waals surface area contributed by atoms with Gasteiger partial charge in [-0.1, -0.05) is 65.5 Å². The molecule has 6 rings (SSSR count). The second-order valence-electron chi connectivity index (χ2n) is 17.2. The lowest BCUT2D eigenvalue weighted by molar-refractivity contribution is -0.0617. The van der Waals surface area contributed by atoms with E-state index in [-0.39, 0.29) is 11.5 Å². The number of nitrogens with zero attached hydrogens (tertiary/aromatic N) is 3. The number of pyridine rings is 1. The summed E-state index contributed by atoms with van der Waals surface area (Å²) in [5.74, 6) is 5.82. The lowest BCUT2D eigenvalue weighted by Crippen LogP contribution is -2.51. The molecule has 7 nitrogen and oxygen atoms in total. The van der Waals surface area contributed by atoms with E-state index in [0.29, 0.717) is 18.6 Å². The average Bonchev–Trinajstić information content (AvgIpc) is 3.48. The van der Waals surface area contributed by atoms with E-state index < -0.39 is 6.16 Å². The minimum Gasteiger partial charge on any atom is -0.494 e. The van der Waals surface area contributed by atoms with Crippen LogP contribution in [0.2, 0.25) is 0 Å². The first kappa shape index (κ1) is 37.5. The number of azo groups is 1. The Morgan fingerprint density at radius 2 is 1.59 bits per heavy atom. The van der Waals surface area contributed by atoms with Crippen molar-refractivity contribution in [1.29, 1.82) is 0 Å². The third kappa shape index (κ3) is 9.06. The maximum absolute atomic E-state index is 12.6. The van der Waals surface area contributed by atoms with Gasteiger partial charge in [0, 0.05) is 18.8 Å². The van der Waals surface area contributed by atoms with Gasteiger partial charge < -0.3 is 14.2 Å². The molecule has 51 heavy (non-hydrogen) atoms. The molecule has 2 aromatic rings. The van der Waals surface area contributed by atoms with Crippen LogP contribution < -0.4 is 4.74 Å². The summed E-state index contributed by atoms with van der Waals surface area (Å²) in [5, 5.41) is 8.46. The van der Waals surface area contributed by atoms with E-state index in [1.54, 1.807) is 18.0 Å². The summed E-state index contributed by atoms with van der Waals surface area (Å²) >= 11 is 0. The minimum atomic E-state index is -0.511. The van der Waals surface area contributed by atoms with Crippen molar-refractivity contribution in [1.82, 2.24) is 4.98 Å². The first-order valence-corrected chi connectivity index (χ1v) is 20.2. The van der Waals surface area contributed by atoms with Crippen molar-refractivity contribution < 1.29 is 19.0 Å². The van der Waals surface area contributed by atoms with Crippen LogP contribution in [0.5, 0.6) is 5.75 Å². The number of hydrogen-bond donors (Lipinski definition) is 0. The predicted molar refractivity (Wildman–Crippen MR) is 203 cm³/mol. The Labute approximate surface area is 307 Å². The summed E-state index contributed by atoms with van der Waals surface area (Å²) in [6.45, 7) is 13.5. The normalized spacial score (nSPS) is 30.6. The van der Waals surface area contributed by atoms with Crippen molar-refractivity contribution in [2.24, 2.45) is 56.6 Å². The summed E-state index contributed by atoms with van der Waals surface area (Å²) in [6.07, 6.45) is 21.9. The second kappa shape index (κ2) is 17.1. The van der Waals surface area contributed by atoms with E-state index in [9.17, 15) is 4.79 Å². The van der Waals surface area contributed by atoms with Crippen molar-refractivity contribution in [3.63, 3.8) is 0 Å². The number of benzene rings is 1. The second-order valence-corrected chi connectivity index (χ2v) is 17.2. The number of aromatic nitrogens is 1. The number of fused-ring (bicyclic) bond motifs is 5. The molecule has 1 aromatic carbocycles. The lowest BCUT2D eigenvalue weighted by Gasteiger charge is -2.58. The first-order chi connectivity index (χ1) is 24.7. The van der Waals surface area contributed by atoms with Crippen molar-refractivity contribution in [3.8, 4) is 5.75 Å². The van der Waals surface area contributed by atoms with Crippen molar-refractivity contribution in [3.05, 3.63) is 60.4 Å². The fourth-order valence-corrected chi connectivity index (χ4v) is 10.8. The molecular formula is C44H63N3O4. The van der Waals surface area contributed by atoms with Gasteiger partial charge in [-0.2, -0.15) is 10.2 Å². The Kier molecular flexibility index (Phi) is 12.6. The van der Waals surface area contributed by atoms with Crippen molar-refractivity contribution in [2.45, 2.75) is 131 Å². The molecule has 0 aliphatic heterocycles. The Morgan fingerprint density at radius 3 is 2.35 bits per heavy atom. The fraction of sp³-hybridized carbons (Fsp3) is 0.682. The Bertz CT molecular complexity index is 1470. The molecule has 8 atom stereocenters. The molecule has 3 fully saturated rings. The largest absolute Gasteiger partial charge is 0.508 e. The number of carbonyl (C=O) groups excluding carboxylic acids is 1. The summed E-state index contributed by atoms with van der Waals surface area (Å²) in [7, 11) is 0. The van der Waals surface area contributed by atoms with E-state index in [4.69, 9.17) is 14.2 Å². The van der Waals surface area contributed by atoms with E-state index in [2.05, 4.69) is 55.9 Å². The van der Waals surface area contributed by atoms with Gasteiger partial charge in [0.05, 0.1) is 24.6 Å². The molecule has 1 aromatic heterocycles. The number of ether oxygens (including phenoxy) is 3.